The number of hydrogen-bond donors (Lipinski definition) is 2. The Balaban J connectivity index is 2.41. The number of aromatic nitrogens is 4. The molecule has 0 aliphatic carbocycles. The molecule has 0 saturated heterocycles. The van der Waals surface area contributed by atoms with Gasteiger partial charge in [0.2, 0.25) is 0 Å². The highest BCUT2D eigenvalue weighted by molar-refractivity contribution is 7.71. The summed E-state index contributed by atoms with van der Waals surface area (Å²) in [5.74, 6) is -0.711. The van der Waals surface area contributed by atoms with E-state index in [4.69, 9.17) is 18.0 Å². The molecule has 0 bridgehead atoms. The molecular formula is C14H13N5O2S. The number of nitrogens with zero attached hydrogens (tertiary/aromatic N) is 3. The number of aryl methyl sites for hydroxylation is 1. The molecule has 0 radical (unpaired) electrons. The third-order valence-electron chi connectivity index (χ3n) is 3.35. The van der Waals surface area contributed by atoms with Crippen LogP contribution in [0.3, 0.4) is 0 Å². The summed E-state index contributed by atoms with van der Waals surface area (Å²) in [6, 6.07) is 7.02. The first kappa shape index (κ1) is 14.2. The van der Waals surface area contributed by atoms with Crippen LogP contribution in [0.4, 0.5) is 0 Å². The molecule has 0 spiro atoms. The highest BCUT2D eigenvalue weighted by Gasteiger charge is 2.18. The Morgan fingerprint density at radius 2 is 2.14 bits per heavy atom. The number of fused-ring (bicyclic) bond motifs is 1. The highest BCUT2D eigenvalue weighted by Crippen LogP contribution is 2.14. The van der Waals surface area contributed by atoms with Crippen LogP contribution in [0.15, 0.2) is 35.3 Å². The molecule has 2 aromatic heterocycles. The summed E-state index contributed by atoms with van der Waals surface area (Å²) >= 11 is 5.26. The Kier molecular flexibility index (Phi) is 3.38. The van der Waals surface area contributed by atoms with E-state index in [1.54, 1.807) is 30.5 Å². The molecule has 7 nitrogen and oxygen atoms in total. The molecule has 3 N–H and O–H groups in total. The van der Waals surface area contributed by atoms with E-state index in [9.17, 15) is 9.59 Å². The minimum Gasteiger partial charge on any atom is -0.364 e. The van der Waals surface area contributed by atoms with Gasteiger partial charge in [0.25, 0.3) is 11.5 Å². The minimum atomic E-state index is -0.711. The molecule has 22 heavy (non-hydrogen) atoms. The van der Waals surface area contributed by atoms with Gasteiger partial charge in [0, 0.05) is 6.54 Å². The Morgan fingerprint density at radius 3 is 2.82 bits per heavy atom. The molecule has 0 unspecified atom stereocenters. The van der Waals surface area contributed by atoms with Crippen molar-refractivity contribution in [1.82, 2.24) is 19.3 Å². The van der Waals surface area contributed by atoms with Gasteiger partial charge >= 0.3 is 0 Å². The standard InChI is InChI=1S/C14H13N5O2S/c1-2-18-7-10(11(17-18)12(15)20)19-13(21)8-5-3-4-6-9(8)16-14(19)22/h3-7H,2H2,1H3,(H2,15,20)(H,16,22). The second-order valence-electron chi connectivity index (χ2n) is 4.70. The van der Waals surface area contributed by atoms with Gasteiger partial charge in [-0.15, -0.1) is 0 Å². The lowest BCUT2D eigenvalue weighted by Crippen LogP contribution is -2.23. The van der Waals surface area contributed by atoms with E-state index in [0.29, 0.717) is 17.4 Å². The largest absolute Gasteiger partial charge is 0.364 e. The van der Waals surface area contributed by atoms with Gasteiger partial charge in [0.05, 0.1) is 17.1 Å². The molecule has 3 aromatic rings. The molecule has 1 amide bonds. The lowest BCUT2D eigenvalue weighted by molar-refractivity contribution is 0.0994. The van der Waals surface area contributed by atoms with Crippen LogP contribution in [0.25, 0.3) is 16.6 Å². The predicted molar refractivity (Wildman–Crippen MR) is 84.7 cm³/mol. The fourth-order valence-corrected chi connectivity index (χ4v) is 2.58. The number of amides is 1. The Labute approximate surface area is 130 Å². The summed E-state index contributed by atoms with van der Waals surface area (Å²) in [6.07, 6.45) is 1.58. The van der Waals surface area contributed by atoms with Gasteiger partial charge in [-0.05, 0) is 31.3 Å². The predicted octanol–water partition coefficient (Wildman–Crippen LogP) is 1.36. The van der Waals surface area contributed by atoms with Crippen LogP contribution in [0.1, 0.15) is 17.4 Å². The Bertz CT molecular complexity index is 998. The third kappa shape index (κ3) is 2.13. The van der Waals surface area contributed by atoms with Gasteiger partial charge < -0.3 is 10.7 Å². The molecule has 8 heteroatoms. The van der Waals surface area contributed by atoms with Crippen molar-refractivity contribution >= 4 is 29.0 Å². The maximum atomic E-state index is 12.7. The first-order valence-corrected chi connectivity index (χ1v) is 7.05. The molecule has 0 fully saturated rings. The normalized spacial score (nSPS) is 11.0. The molecule has 0 atom stereocenters. The van der Waals surface area contributed by atoms with Gasteiger partial charge in [-0.1, -0.05) is 12.1 Å². The first-order chi connectivity index (χ1) is 10.5. The average Bonchev–Trinajstić information content (AvgIpc) is 2.91. The van der Waals surface area contributed by atoms with E-state index < -0.39 is 5.91 Å². The number of primary amides is 1. The monoisotopic (exact) mass is 315 g/mol. The number of carbonyl (C=O) groups is 1. The SMILES string of the molecule is CCn1cc(-n2c(=S)[nH]c3ccccc3c2=O)c(C(N)=O)n1. The average molecular weight is 315 g/mol. The van der Waals surface area contributed by atoms with Crippen LogP contribution in [0, 0.1) is 4.77 Å². The van der Waals surface area contributed by atoms with Crippen LogP contribution >= 0.6 is 12.2 Å². The number of aromatic amines is 1. The Hall–Kier alpha value is -2.74. The number of H-pyrrole nitrogens is 1. The summed E-state index contributed by atoms with van der Waals surface area (Å²) in [5.41, 5.74) is 5.97. The highest BCUT2D eigenvalue weighted by atomic mass is 32.1. The zero-order chi connectivity index (χ0) is 15.9. The van der Waals surface area contributed by atoms with Crippen molar-refractivity contribution in [2.75, 3.05) is 0 Å². The lowest BCUT2D eigenvalue weighted by atomic mass is 10.2. The molecule has 1 aromatic carbocycles. The fourth-order valence-electron chi connectivity index (χ4n) is 2.29. The van der Waals surface area contributed by atoms with E-state index in [1.165, 1.54) is 9.25 Å². The van der Waals surface area contributed by atoms with Crippen molar-refractivity contribution < 1.29 is 4.79 Å². The number of carbonyl (C=O) groups excluding carboxylic acids is 1. The van der Waals surface area contributed by atoms with E-state index in [1.807, 2.05) is 6.92 Å². The smallest absolute Gasteiger partial charge is 0.271 e. The zero-order valence-corrected chi connectivity index (χ0v) is 12.6. The van der Waals surface area contributed by atoms with Crippen molar-refractivity contribution in [3.63, 3.8) is 0 Å². The summed E-state index contributed by atoms with van der Waals surface area (Å²) in [7, 11) is 0. The van der Waals surface area contributed by atoms with E-state index in [2.05, 4.69) is 10.1 Å². The minimum absolute atomic E-state index is 0.0127. The van der Waals surface area contributed by atoms with E-state index in [-0.39, 0.29) is 21.7 Å². The number of para-hydroxylation sites is 1. The van der Waals surface area contributed by atoms with Crippen molar-refractivity contribution in [2.24, 2.45) is 5.73 Å². The number of benzene rings is 1. The topological polar surface area (TPSA) is 98.7 Å². The number of rotatable bonds is 3. The molecule has 0 aliphatic rings. The van der Waals surface area contributed by atoms with E-state index in [0.717, 1.165) is 0 Å². The molecule has 3 rings (SSSR count). The van der Waals surface area contributed by atoms with Crippen LogP contribution in [-0.2, 0) is 6.54 Å². The summed E-state index contributed by atoms with van der Waals surface area (Å²) in [5, 5.41) is 4.56. The van der Waals surface area contributed by atoms with Crippen LogP contribution in [0.2, 0.25) is 0 Å². The van der Waals surface area contributed by atoms with Gasteiger partial charge in [-0.25, -0.2) is 4.57 Å². The third-order valence-corrected chi connectivity index (χ3v) is 3.63. The molecule has 2 heterocycles. The second kappa shape index (κ2) is 5.23. The van der Waals surface area contributed by atoms with Crippen LogP contribution < -0.4 is 11.3 Å². The molecule has 112 valence electrons. The zero-order valence-electron chi connectivity index (χ0n) is 11.7. The number of hydrogen-bond acceptors (Lipinski definition) is 4. The first-order valence-electron chi connectivity index (χ1n) is 6.64. The van der Waals surface area contributed by atoms with Crippen LogP contribution in [-0.4, -0.2) is 25.2 Å². The maximum absolute atomic E-state index is 12.7. The van der Waals surface area contributed by atoms with Crippen molar-refractivity contribution in [3.8, 4) is 5.69 Å². The van der Waals surface area contributed by atoms with Gasteiger partial charge in [-0.2, -0.15) is 5.10 Å². The summed E-state index contributed by atoms with van der Waals surface area (Å²) in [6.45, 7) is 2.41. The van der Waals surface area contributed by atoms with Gasteiger partial charge in [0.1, 0.15) is 5.69 Å². The number of nitrogens with one attached hydrogen (secondary N) is 1. The van der Waals surface area contributed by atoms with E-state index >= 15 is 0 Å². The molecular weight excluding hydrogens is 302 g/mol. The van der Waals surface area contributed by atoms with Crippen molar-refractivity contribution in [3.05, 3.63) is 51.3 Å². The second-order valence-corrected chi connectivity index (χ2v) is 5.09. The summed E-state index contributed by atoms with van der Waals surface area (Å²) in [4.78, 5) is 27.3. The van der Waals surface area contributed by atoms with Crippen molar-refractivity contribution in [1.29, 1.82) is 0 Å². The quantitative estimate of drug-likeness (QED) is 0.713. The molecule has 0 saturated carbocycles. The maximum Gasteiger partial charge on any atom is 0.271 e. The fraction of sp³-hybridized carbons (Fsp3) is 0.143. The summed E-state index contributed by atoms with van der Waals surface area (Å²) < 4.78 is 2.96. The number of nitrogens with two attached hydrogens (primary N) is 1. The van der Waals surface area contributed by atoms with Crippen molar-refractivity contribution in [2.45, 2.75) is 13.5 Å². The Morgan fingerprint density at radius 1 is 1.41 bits per heavy atom. The van der Waals surface area contributed by atoms with Gasteiger partial charge in [-0.3, -0.25) is 14.3 Å². The van der Waals surface area contributed by atoms with Crippen LogP contribution in [0.5, 0.6) is 0 Å². The molecule has 0 aliphatic heterocycles. The lowest BCUT2D eigenvalue weighted by Gasteiger charge is -2.06. The van der Waals surface area contributed by atoms with Gasteiger partial charge in [0.15, 0.2) is 10.5 Å².